The fraction of sp³-hybridized carbons (Fsp3) is 0.333. The van der Waals surface area contributed by atoms with E-state index in [1.165, 1.54) is 27.9 Å². The lowest BCUT2D eigenvalue weighted by molar-refractivity contribution is -0.856. The van der Waals surface area contributed by atoms with Gasteiger partial charge in [-0.2, -0.15) is 0 Å². The number of carbonyl (C=O) groups excluding carboxylic acids is 1. The number of anilines is 1. The summed E-state index contributed by atoms with van der Waals surface area (Å²) in [6.07, 6.45) is 0.416. The molecule has 1 heterocycles. The van der Waals surface area contributed by atoms with Crippen molar-refractivity contribution in [1.29, 1.82) is 0 Å². The van der Waals surface area contributed by atoms with E-state index < -0.39 is 0 Å². The highest BCUT2D eigenvalue weighted by atomic mass is 32.2. The van der Waals surface area contributed by atoms with Crippen molar-refractivity contribution in [3.8, 4) is 0 Å². The van der Waals surface area contributed by atoms with Gasteiger partial charge in [-0.25, -0.2) is 9.37 Å². The summed E-state index contributed by atoms with van der Waals surface area (Å²) in [5.41, 5.74) is 1.56. The quantitative estimate of drug-likeness (QED) is 0.570. The molecular formula is C21H25FN3OS2+. The molecule has 3 aromatic rings. The number of hydrogen-bond donors (Lipinski definition) is 1. The van der Waals surface area contributed by atoms with Gasteiger partial charge < -0.3 is 4.90 Å². The maximum atomic E-state index is 14.0. The van der Waals surface area contributed by atoms with E-state index in [-0.39, 0.29) is 11.7 Å². The Morgan fingerprint density at radius 3 is 2.64 bits per heavy atom. The van der Waals surface area contributed by atoms with Gasteiger partial charge in [0.2, 0.25) is 5.91 Å². The van der Waals surface area contributed by atoms with E-state index in [0.29, 0.717) is 29.4 Å². The van der Waals surface area contributed by atoms with Gasteiger partial charge in [0.25, 0.3) is 0 Å². The number of likely N-dealkylation sites (N-methyl/N-ethyl adjacent to an activating group) is 1. The van der Waals surface area contributed by atoms with Crippen LogP contribution in [0.5, 0.6) is 0 Å². The second kappa shape index (κ2) is 9.49. The number of hydrogen-bond acceptors (Lipinski definition) is 4. The lowest BCUT2D eigenvalue weighted by Crippen LogP contribution is -3.06. The third-order valence-electron chi connectivity index (χ3n) is 4.33. The van der Waals surface area contributed by atoms with Crippen LogP contribution in [0.1, 0.15) is 12.0 Å². The smallest absolute Gasteiger partial charge is 0.229 e. The fourth-order valence-corrected chi connectivity index (χ4v) is 4.57. The van der Waals surface area contributed by atoms with E-state index in [4.69, 9.17) is 0 Å². The van der Waals surface area contributed by atoms with Crippen LogP contribution in [0.4, 0.5) is 9.52 Å². The van der Waals surface area contributed by atoms with E-state index >= 15 is 0 Å². The normalized spacial score (nSPS) is 11.3. The van der Waals surface area contributed by atoms with E-state index in [1.54, 1.807) is 22.7 Å². The molecule has 0 saturated heterocycles. The summed E-state index contributed by atoms with van der Waals surface area (Å²) < 4.78 is 14.8. The highest BCUT2D eigenvalue weighted by Gasteiger charge is 2.21. The number of quaternary nitrogens is 1. The molecule has 148 valence electrons. The summed E-state index contributed by atoms with van der Waals surface area (Å²) >= 11 is 3.04. The highest BCUT2D eigenvalue weighted by Crippen LogP contribution is 2.30. The van der Waals surface area contributed by atoms with Crippen molar-refractivity contribution in [2.75, 3.05) is 37.8 Å². The highest BCUT2D eigenvalue weighted by molar-refractivity contribution is 7.99. The molecule has 0 fully saturated rings. The van der Waals surface area contributed by atoms with Crippen molar-refractivity contribution >= 4 is 44.4 Å². The number of aryl methyl sites for hydroxylation is 1. The van der Waals surface area contributed by atoms with Crippen LogP contribution in [0.3, 0.4) is 0 Å². The first kappa shape index (κ1) is 20.8. The zero-order chi connectivity index (χ0) is 20.1. The second-order valence-corrected chi connectivity index (χ2v) is 9.17. The number of rotatable bonds is 8. The van der Waals surface area contributed by atoms with Gasteiger partial charge >= 0.3 is 0 Å². The Kier molecular flexibility index (Phi) is 7.04. The number of thiazole rings is 1. The number of benzene rings is 2. The molecule has 1 N–H and O–H groups in total. The lowest BCUT2D eigenvalue weighted by Gasteiger charge is -2.20. The third-order valence-corrected chi connectivity index (χ3v) is 6.39. The molecule has 0 unspecified atom stereocenters. The number of aromatic nitrogens is 1. The van der Waals surface area contributed by atoms with E-state index in [0.717, 1.165) is 16.1 Å². The third kappa shape index (κ3) is 5.31. The minimum atomic E-state index is -0.347. The molecular weight excluding hydrogens is 393 g/mol. The van der Waals surface area contributed by atoms with Gasteiger partial charge in [0.05, 0.1) is 31.9 Å². The van der Waals surface area contributed by atoms with Crippen molar-refractivity contribution in [2.45, 2.75) is 18.2 Å². The molecule has 0 spiro atoms. The second-order valence-electron chi connectivity index (χ2n) is 7.00. The SMILES string of the molecule is Cc1ccc(SCCC(=O)N(CC[NH+](C)C)c2nc3c(F)cccc3s2)cc1. The van der Waals surface area contributed by atoms with Gasteiger partial charge in [-0.05, 0) is 31.2 Å². The molecule has 0 aliphatic carbocycles. The Morgan fingerprint density at radius 2 is 1.96 bits per heavy atom. The fourth-order valence-electron chi connectivity index (χ4n) is 2.71. The minimum Gasteiger partial charge on any atom is -0.338 e. The summed E-state index contributed by atoms with van der Waals surface area (Å²) in [5, 5.41) is 0.576. The zero-order valence-electron chi connectivity index (χ0n) is 16.4. The molecule has 28 heavy (non-hydrogen) atoms. The first-order chi connectivity index (χ1) is 13.4. The lowest BCUT2D eigenvalue weighted by atomic mass is 10.2. The molecule has 3 rings (SSSR count). The maximum Gasteiger partial charge on any atom is 0.229 e. The predicted octanol–water partition coefficient (Wildman–Crippen LogP) is 3.40. The van der Waals surface area contributed by atoms with Gasteiger partial charge in [0, 0.05) is 17.1 Å². The standard InChI is InChI=1S/C21H24FN3OS2/c1-15-7-9-16(10-8-15)27-14-11-19(26)25(13-12-24(2)3)21-23-20-17(22)5-4-6-18(20)28-21/h4-10H,11-14H2,1-3H3/p+1. The van der Waals surface area contributed by atoms with E-state index in [1.807, 2.05) is 20.2 Å². The number of fused-ring (bicyclic) bond motifs is 1. The monoisotopic (exact) mass is 418 g/mol. The van der Waals surface area contributed by atoms with Crippen LogP contribution in [0.2, 0.25) is 0 Å². The summed E-state index contributed by atoms with van der Waals surface area (Å²) in [6.45, 7) is 3.43. The topological polar surface area (TPSA) is 37.6 Å². The van der Waals surface area contributed by atoms with Gasteiger partial charge in [0.1, 0.15) is 11.3 Å². The molecule has 7 heteroatoms. The zero-order valence-corrected chi connectivity index (χ0v) is 18.0. The number of amides is 1. The Labute approximate surface area is 173 Å². The van der Waals surface area contributed by atoms with Gasteiger partial charge in [-0.15, -0.1) is 11.8 Å². The van der Waals surface area contributed by atoms with E-state index in [2.05, 4.69) is 36.2 Å². The molecule has 0 bridgehead atoms. The first-order valence-electron chi connectivity index (χ1n) is 9.28. The Hall–Kier alpha value is -1.96. The van der Waals surface area contributed by atoms with Crippen LogP contribution >= 0.6 is 23.1 Å². The molecule has 1 aromatic heterocycles. The van der Waals surface area contributed by atoms with Crippen molar-refractivity contribution < 1.29 is 14.1 Å². The molecule has 0 saturated carbocycles. The number of carbonyl (C=O) groups is 1. The van der Waals surface area contributed by atoms with Crippen molar-refractivity contribution in [3.63, 3.8) is 0 Å². The number of nitrogens with one attached hydrogen (secondary N) is 1. The minimum absolute atomic E-state index is 0.0281. The van der Waals surface area contributed by atoms with E-state index in [9.17, 15) is 9.18 Å². The summed E-state index contributed by atoms with van der Waals surface area (Å²) in [7, 11) is 4.10. The molecule has 4 nitrogen and oxygen atoms in total. The summed E-state index contributed by atoms with van der Waals surface area (Å²) in [4.78, 5) is 21.5. The predicted molar refractivity (Wildman–Crippen MR) is 116 cm³/mol. The van der Waals surface area contributed by atoms with Crippen molar-refractivity contribution in [1.82, 2.24) is 4.98 Å². The van der Waals surface area contributed by atoms with Crippen LogP contribution in [0.25, 0.3) is 10.2 Å². The van der Waals surface area contributed by atoms with Gasteiger partial charge in [-0.1, -0.05) is 35.1 Å². The van der Waals surface area contributed by atoms with Crippen molar-refractivity contribution in [2.24, 2.45) is 0 Å². The average molecular weight is 419 g/mol. The largest absolute Gasteiger partial charge is 0.338 e. The summed E-state index contributed by atoms with van der Waals surface area (Å²) in [6, 6.07) is 13.2. The maximum absolute atomic E-state index is 14.0. The number of para-hydroxylation sites is 1. The first-order valence-corrected chi connectivity index (χ1v) is 11.1. The van der Waals surface area contributed by atoms with Crippen LogP contribution < -0.4 is 9.80 Å². The van der Waals surface area contributed by atoms with Crippen LogP contribution in [-0.2, 0) is 4.79 Å². The Bertz CT molecular complexity index is 940. The molecule has 0 aliphatic heterocycles. The number of halogens is 1. The van der Waals surface area contributed by atoms with Crippen LogP contribution in [-0.4, -0.2) is 43.8 Å². The van der Waals surface area contributed by atoms with Crippen molar-refractivity contribution in [3.05, 3.63) is 53.8 Å². The molecule has 1 amide bonds. The molecule has 0 atom stereocenters. The number of thioether (sulfide) groups is 1. The average Bonchev–Trinajstić information content (AvgIpc) is 3.08. The molecule has 0 radical (unpaired) electrons. The van der Waals surface area contributed by atoms with Crippen LogP contribution in [0.15, 0.2) is 47.4 Å². The Morgan fingerprint density at radius 1 is 1.21 bits per heavy atom. The summed E-state index contributed by atoms with van der Waals surface area (Å²) in [5.74, 6) is 0.382. The van der Waals surface area contributed by atoms with Crippen LogP contribution in [0, 0.1) is 12.7 Å². The Balaban J connectivity index is 1.71. The molecule has 2 aromatic carbocycles. The van der Waals surface area contributed by atoms with Gasteiger partial charge in [0.15, 0.2) is 5.13 Å². The van der Waals surface area contributed by atoms with Gasteiger partial charge in [-0.3, -0.25) is 9.69 Å². The molecule has 0 aliphatic rings. The number of nitrogens with zero attached hydrogens (tertiary/aromatic N) is 2.